The van der Waals surface area contributed by atoms with Gasteiger partial charge in [-0.15, -0.1) is 0 Å². The molecule has 0 saturated carbocycles. The van der Waals surface area contributed by atoms with Gasteiger partial charge in [-0.3, -0.25) is 27.7 Å². The van der Waals surface area contributed by atoms with Crippen molar-refractivity contribution in [2.75, 3.05) is 76.0 Å². The number of hydrogen-bond acceptors (Lipinski definition) is 20. The molecular formula is C40H80B5N3O23P4S. The van der Waals surface area contributed by atoms with E-state index in [0.29, 0.717) is 38.8 Å². The molecule has 2 amide bonds. The van der Waals surface area contributed by atoms with E-state index in [1.807, 2.05) is 34.6 Å². The fraction of sp³-hybridized carbons (Fsp3) is 0.950. The predicted octanol–water partition coefficient (Wildman–Crippen LogP) is 1.76. The van der Waals surface area contributed by atoms with Gasteiger partial charge in [-0.25, -0.2) is 18.8 Å². The summed E-state index contributed by atoms with van der Waals surface area (Å²) in [5.41, 5.74) is 0. The van der Waals surface area contributed by atoms with Gasteiger partial charge in [0, 0.05) is 86.3 Å². The largest absolute Gasteiger partial charge is 0.472 e. The summed E-state index contributed by atoms with van der Waals surface area (Å²) in [6.07, 6.45) is 0.563. The number of nitrogens with one attached hydrogen (secondary N) is 2. The Morgan fingerprint density at radius 3 is 1.57 bits per heavy atom. The van der Waals surface area contributed by atoms with Crippen molar-refractivity contribution in [1.82, 2.24) is 15.3 Å². The summed E-state index contributed by atoms with van der Waals surface area (Å²) in [6, 6.07) is -2.31. The van der Waals surface area contributed by atoms with E-state index in [-0.39, 0.29) is 73.8 Å². The van der Waals surface area contributed by atoms with Crippen molar-refractivity contribution in [3.8, 4) is 0 Å². The molecule has 0 aliphatic carbocycles. The third kappa shape index (κ3) is 28.2. The van der Waals surface area contributed by atoms with Gasteiger partial charge in [0.2, 0.25) is 11.8 Å². The number of carbonyl (C=O) groups is 2. The second kappa shape index (κ2) is 38.6. The fourth-order valence-corrected chi connectivity index (χ4v) is 10.6. The minimum Gasteiger partial charge on any atom is -0.383 e. The Labute approximate surface area is 461 Å². The summed E-state index contributed by atoms with van der Waals surface area (Å²) in [5.74, 6) is -0.360. The van der Waals surface area contributed by atoms with Crippen molar-refractivity contribution < 1.29 is 108 Å². The van der Waals surface area contributed by atoms with Crippen molar-refractivity contribution in [3.63, 3.8) is 0 Å². The van der Waals surface area contributed by atoms with Crippen LogP contribution in [0.1, 0.15) is 79.6 Å². The van der Waals surface area contributed by atoms with Crippen molar-refractivity contribution in [1.29, 1.82) is 0 Å². The molecule has 36 heteroatoms. The average Bonchev–Trinajstić information content (AvgIpc) is 4.10. The first-order chi connectivity index (χ1) is 35.5. The first-order valence-electron chi connectivity index (χ1n) is 24.3. The lowest BCUT2D eigenvalue weighted by atomic mass is 9.92. The number of carbonyl (C=O) groups excluding carboxylic acids is 2. The molecule has 0 aromatic carbocycles. The maximum atomic E-state index is 11.5. The minimum absolute atomic E-state index is 0.0446. The lowest BCUT2D eigenvalue weighted by Crippen LogP contribution is -2.39. The highest BCUT2D eigenvalue weighted by atomic mass is 32.5. The lowest BCUT2D eigenvalue weighted by molar-refractivity contribution is -0.134. The van der Waals surface area contributed by atoms with Crippen LogP contribution in [0.5, 0.6) is 0 Å². The Hall–Kier alpha value is -0.155. The zero-order valence-corrected chi connectivity index (χ0v) is 50.0. The van der Waals surface area contributed by atoms with Crippen molar-refractivity contribution >= 4 is 93.0 Å². The number of rotatable bonds is 26. The van der Waals surface area contributed by atoms with Gasteiger partial charge in [0.25, 0.3) is 0 Å². The summed E-state index contributed by atoms with van der Waals surface area (Å²) in [4.78, 5) is 60.9. The number of phosphoric acid groups is 2. The van der Waals surface area contributed by atoms with Gasteiger partial charge in [0.05, 0.1) is 58.1 Å². The molecule has 4 aliphatic rings. The van der Waals surface area contributed by atoms with Crippen molar-refractivity contribution in [2.45, 2.75) is 171 Å². The van der Waals surface area contributed by atoms with Crippen LogP contribution in [-0.4, -0.2) is 237 Å². The van der Waals surface area contributed by atoms with Crippen LogP contribution in [0, 0.1) is 0 Å². The van der Waals surface area contributed by atoms with E-state index >= 15 is 0 Å². The smallest absolute Gasteiger partial charge is 0.383 e. The first-order valence-corrected chi connectivity index (χ1v) is 31.5. The molecule has 76 heavy (non-hydrogen) atoms. The number of ether oxygens (including phenoxy) is 7. The summed E-state index contributed by atoms with van der Waals surface area (Å²) in [6.45, 7) is 7.81. The molecule has 4 saturated heterocycles. The van der Waals surface area contributed by atoms with E-state index in [0.717, 1.165) is 33.5 Å². The van der Waals surface area contributed by atoms with E-state index in [9.17, 15) is 42.9 Å². The number of methoxy groups -OCH3 is 2. The minimum atomic E-state index is -4.12. The summed E-state index contributed by atoms with van der Waals surface area (Å²) in [5, 5.41) is 4.98. The molecule has 18 unspecified atom stereocenters. The maximum absolute atomic E-state index is 11.5. The maximum Gasteiger partial charge on any atom is 0.472 e. The first kappa shape index (κ1) is 75.8. The quantitative estimate of drug-likeness (QED) is 0.0408. The monoisotopic (exact) mass is 1180 g/mol. The standard InChI is InChI=1S/C10H20BO7P.C8H15BN2O2.C8H16BO6P.C7H15BNO4P.C7H14BO4PS/c1-4-7-8(18-19(12,13)15-3)9(10(11)17-7)16-6-5-14-2;1-3-4-11(8(13)5-9)6-7(12)10-2;1-4-5-6(15-16(10,11)13-3)7(12-2)8(9)14-5;1-3-6-5(4-7(8)13-6)9-14(10,11)12-2;1-3-5-6(4-7(8)11-5)12-13(9,14)10-2/h7-10H,4-6H2,1-3H3,(H,12,13);3-6H2,1-2H3,(H,10,12);5-8H,4H2,1-3H3,(H,10,11);5-7H,3-4H2,1-2H3,(H2,9,10,11);5-7H,3-4H2,1-2H3,(H,9,14). The predicted molar refractivity (Wildman–Crippen MR) is 288 cm³/mol. The van der Waals surface area contributed by atoms with Gasteiger partial charge in [-0.1, -0.05) is 34.6 Å². The lowest BCUT2D eigenvalue weighted by Gasteiger charge is -2.25. The van der Waals surface area contributed by atoms with Gasteiger partial charge in [0.15, 0.2) is 0 Å². The normalized spacial score (nSPS) is 31.9. The Balaban J connectivity index is 0.000000932. The molecule has 4 fully saturated rings. The van der Waals surface area contributed by atoms with E-state index in [4.69, 9.17) is 102 Å². The summed E-state index contributed by atoms with van der Waals surface area (Å²) in [7, 11) is 25.2. The van der Waals surface area contributed by atoms with Gasteiger partial charge in [-0.05, 0) is 63.1 Å². The van der Waals surface area contributed by atoms with E-state index < -0.39 is 72.6 Å². The summed E-state index contributed by atoms with van der Waals surface area (Å²) < 4.78 is 104. The molecule has 26 nitrogen and oxygen atoms in total. The molecule has 0 spiro atoms. The third-order valence-electron chi connectivity index (χ3n) is 11.4. The van der Waals surface area contributed by atoms with Gasteiger partial charge >= 0.3 is 30.1 Å². The number of phosphoric ester groups is 2. The Morgan fingerprint density at radius 2 is 1.14 bits per heavy atom. The molecular weight excluding hydrogens is 1100 g/mol. The van der Waals surface area contributed by atoms with Gasteiger partial charge in [-0.2, -0.15) is 0 Å². The molecule has 0 bridgehead atoms. The number of likely N-dealkylation sites (N-methyl/N-ethyl adjacent to an activating group) is 1. The molecule has 4 aliphatic heterocycles. The van der Waals surface area contributed by atoms with Crippen LogP contribution < -0.4 is 10.4 Å². The molecule has 4 rings (SSSR count). The Kier molecular flexibility index (Phi) is 38.5. The number of nitrogens with zero attached hydrogens (tertiary/aromatic N) is 1. The number of hydrogen-bond donors (Lipinski definition) is 6. The van der Waals surface area contributed by atoms with Crippen molar-refractivity contribution in [2.24, 2.45) is 0 Å². The fourth-order valence-electron chi connectivity index (χ4n) is 7.47. The molecule has 4 heterocycles. The Morgan fingerprint density at radius 1 is 0.658 bits per heavy atom. The highest BCUT2D eigenvalue weighted by Crippen LogP contribution is 2.49. The third-order valence-corrected chi connectivity index (χ3v) is 16.2. The highest BCUT2D eigenvalue weighted by Gasteiger charge is 2.47. The zero-order chi connectivity index (χ0) is 58.6. The average molecular weight is 1180 g/mol. The molecule has 0 aromatic heterocycles. The molecule has 6 N–H and O–H groups in total. The van der Waals surface area contributed by atoms with Crippen LogP contribution in [-0.2, 0) is 99.9 Å². The van der Waals surface area contributed by atoms with Crippen molar-refractivity contribution in [3.05, 3.63) is 0 Å². The second-order valence-corrected chi connectivity index (χ2v) is 24.3. The molecule has 10 radical (unpaired) electrons. The van der Waals surface area contributed by atoms with Crippen LogP contribution in [0.3, 0.4) is 0 Å². The summed E-state index contributed by atoms with van der Waals surface area (Å²) >= 11 is 4.75. The van der Waals surface area contributed by atoms with Gasteiger partial charge in [0.1, 0.15) is 55.8 Å². The topological polar surface area (TPSA) is 323 Å². The Bertz CT molecular complexity index is 1800. The van der Waals surface area contributed by atoms with Crippen LogP contribution >= 0.6 is 30.1 Å². The second-order valence-electron chi connectivity index (χ2n) is 16.7. The number of amides is 2. The van der Waals surface area contributed by atoms with Crippen LogP contribution in [0.25, 0.3) is 0 Å². The van der Waals surface area contributed by atoms with E-state index in [2.05, 4.69) is 24.0 Å². The van der Waals surface area contributed by atoms with Crippen LogP contribution in [0.2, 0.25) is 6.32 Å². The molecule has 18 atom stereocenters. The van der Waals surface area contributed by atoms with Gasteiger partial charge < -0.3 is 76.5 Å². The molecule has 0 aromatic rings. The van der Waals surface area contributed by atoms with E-state index in [1.165, 1.54) is 26.2 Å². The SMILES string of the molecule is [B]C1CC(NP(=O)(O)OC)C(CC)O1.[B]C1CC(OP(O)(=S)OC)C(CC)O1.[B]C1OC(CC)C(OP(=O)(O)OC)C1OC.[B]C1OC(CC)C(OP(=O)(O)OC)C1OCCOC.[B]CC(=O)N(CCC)CC(=O)NC. The van der Waals surface area contributed by atoms with Crippen LogP contribution in [0.4, 0.5) is 0 Å². The van der Waals surface area contributed by atoms with Crippen LogP contribution in [0.15, 0.2) is 0 Å². The highest BCUT2D eigenvalue weighted by molar-refractivity contribution is 8.07. The van der Waals surface area contributed by atoms with E-state index in [1.54, 1.807) is 14.2 Å². The zero-order valence-electron chi connectivity index (χ0n) is 45.6. The molecule has 434 valence electrons.